The molecule has 0 radical (unpaired) electrons. The second kappa shape index (κ2) is 8.43. The van der Waals surface area contributed by atoms with Gasteiger partial charge in [-0.25, -0.2) is 4.79 Å². The monoisotopic (exact) mass is 350 g/mol. The Bertz CT molecular complexity index is 583. The summed E-state index contributed by atoms with van der Waals surface area (Å²) < 4.78 is 10.6. The second-order valence-corrected chi connectivity index (χ2v) is 7.48. The van der Waals surface area contributed by atoms with Crippen LogP contribution in [0.5, 0.6) is 11.5 Å². The van der Waals surface area contributed by atoms with Gasteiger partial charge in [-0.05, 0) is 57.7 Å². The zero-order valence-electron chi connectivity index (χ0n) is 15.7. The van der Waals surface area contributed by atoms with E-state index in [2.05, 4.69) is 5.32 Å². The van der Waals surface area contributed by atoms with Gasteiger partial charge in [0, 0.05) is 25.7 Å². The van der Waals surface area contributed by atoms with Crippen molar-refractivity contribution in [2.45, 2.75) is 58.2 Å². The highest BCUT2D eigenvalue weighted by Crippen LogP contribution is 2.26. The summed E-state index contributed by atoms with van der Waals surface area (Å²) in [5, 5.41) is 13.2. The van der Waals surface area contributed by atoms with Crippen LogP contribution in [-0.4, -0.2) is 47.9 Å². The molecule has 1 amide bonds. The van der Waals surface area contributed by atoms with Crippen LogP contribution in [0.2, 0.25) is 0 Å². The Morgan fingerprint density at radius 2 is 2.08 bits per heavy atom. The Labute approximate surface area is 150 Å². The van der Waals surface area contributed by atoms with Crippen LogP contribution in [0, 0.1) is 0 Å². The van der Waals surface area contributed by atoms with E-state index in [0.717, 1.165) is 31.4 Å². The summed E-state index contributed by atoms with van der Waals surface area (Å²) in [5.74, 6) is 0.630. The lowest BCUT2D eigenvalue weighted by Crippen LogP contribution is -2.38. The first kappa shape index (κ1) is 19.4. The average Bonchev–Trinajstić information content (AvgIpc) is 2.78. The molecule has 2 N–H and O–H groups in total. The number of aromatic hydroxyl groups is 1. The molecule has 1 aliphatic rings. The number of carbonyl (C=O) groups is 1. The molecule has 1 saturated heterocycles. The van der Waals surface area contributed by atoms with E-state index in [-0.39, 0.29) is 11.8 Å². The lowest BCUT2D eigenvalue weighted by molar-refractivity contribution is 0.0256. The fourth-order valence-electron chi connectivity index (χ4n) is 2.90. The average molecular weight is 350 g/mol. The lowest BCUT2D eigenvalue weighted by Gasteiger charge is -2.26. The number of carbonyl (C=O) groups excluding carboxylic acids is 1. The summed E-state index contributed by atoms with van der Waals surface area (Å²) in [5.41, 5.74) is 0.599. The Hall–Kier alpha value is -1.95. The first-order chi connectivity index (χ1) is 11.8. The van der Waals surface area contributed by atoms with Crippen LogP contribution in [0.1, 0.15) is 45.6 Å². The van der Waals surface area contributed by atoms with Gasteiger partial charge in [0.1, 0.15) is 5.60 Å². The molecule has 0 aliphatic carbocycles. The maximum absolute atomic E-state index is 12.2. The SMILES string of the molecule is COc1cc(CNC2CCCN(C(=O)OC(C)(C)C)CC2)ccc1O. The van der Waals surface area contributed by atoms with Gasteiger partial charge in [-0.15, -0.1) is 0 Å². The predicted molar refractivity (Wildman–Crippen MR) is 96.9 cm³/mol. The number of ether oxygens (including phenoxy) is 2. The van der Waals surface area contributed by atoms with Gasteiger partial charge in [-0.2, -0.15) is 0 Å². The Morgan fingerprint density at radius 3 is 2.76 bits per heavy atom. The van der Waals surface area contributed by atoms with Crippen LogP contribution in [0.4, 0.5) is 4.79 Å². The largest absolute Gasteiger partial charge is 0.504 e. The zero-order chi connectivity index (χ0) is 18.4. The molecule has 0 spiro atoms. The van der Waals surface area contributed by atoms with Crippen molar-refractivity contribution in [2.75, 3.05) is 20.2 Å². The first-order valence-electron chi connectivity index (χ1n) is 8.85. The number of amides is 1. The molecule has 1 fully saturated rings. The molecule has 1 heterocycles. The number of nitrogens with one attached hydrogen (secondary N) is 1. The summed E-state index contributed by atoms with van der Waals surface area (Å²) in [7, 11) is 1.54. The van der Waals surface area contributed by atoms with Crippen molar-refractivity contribution in [3.8, 4) is 11.5 Å². The molecule has 1 unspecified atom stereocenters. The van der Waals surface area contributed by atoms with Gasteiger partial charge >= 0.3 is 6.09 Å². The molecule has 25 heavy (non-hydrogen) atoms. The molecule has 1 atom stereocenters. The number of phenolic OH excluding ortho intramolecular Hbond substituents is 1. The summed E-state index contributed by atoms with van der Waals surface area (Å²) in [6.07, 6.45) is 2.65. The molecule has 0 bridgehead atoms. The number of rotatable bonds is 4. The summed E-state index contributed by atoms with van der Waals surface area (Å²) in [6, 6.07) is 5.72. The Balaban J connectivity index is 1.84. The van der Waals surface area contributed by atoms with Crippen LogP contribution < -0.4 is 10.1 Å². The molecule has 6 nitrogen and oxygen atoms in total. The quantitative estimate of drug-likeness (QED) is 0.872. The van der Waals surface area contributed by atoms with Crippen molar-refractivity contribution >= 4 is 6.09 Å². The minimum Gasteiger partial charge on any atom is -0.504 e. The third-order valence-corrected chi connectivity index (χ3v) is 4.22. The smallest absolute Gasteiger partial charge is 0.410 e. The number of benzene rings is 1. The number of hydrogen-bond acceptors (Lipinski definition) is 5. The number of phenols is 1. The van der Waals surface area contributed by atoms with Gasteiger partial charge in [0.05, 0.1) is 7.11 Å². The molecule has 6 heteroatoms. The van der Waals surface area contributed by atoms with E-state index >= 15 is 0 Å². The summed E-state index contributed by atoms with van der Waals surface area (Å²) in [6.45, 7) is 7.80. The van der Waals surface area contributed by atoms with Crippen LogP contribution in [0.3, 0.4) is 0 Å². The van der Waals surface area contributed by atoms with Crippen molar-refractivity contribution in [3.05, 3.63) is 23.8 Å². The van der Waals surface area contributed by atoms with Crippen LogP contribution in [0.25, 0.3) is 0 Å². The summed E-state index contributed by atoms with van der Waals surface area (Å²) >= 11 is 0. The van der Waals surface area contributed by atoms with E-state index < -0.39 is 5.60 Å². The highest BCUT2D eigenvalue weighted by atomic mass is 16.6. The molecule has 1 aromatic carbocycles. The minimum atomic E-state index is -0.459. The van der Waals surface area contributed by atoms with E-state index in [0.29, 0.717) is 24.9 Å². The topological polar surface area (TPSA) is 71.0 Å². The predicted octanol–water partition coefficient (Wildman–Crippen LogP) is 3.28. The van der Waals surface area contributed by atoms with Gasteiger partial charge in [-0.1, -0.05) is 6.07 Å². The van der Waals surface area contributed by atoms with Gasteiger partial charge in [0.15, 0.2) is 11.5 Å². The van der Waals surface area contributed by atoms with E-state index in [1.807, 2.05) is 32.9 Å². The Morgan fingerprint density at radius 1 is 1.32 bits per heavy atom. The molecule has 2 rings (SSSR count). The van der Waals surface area contributed by atoms with E-state index in [4.69, 9.17) is 9.47 Å². The molecule has 0 aromatic heterocycles. The van der Waals surface area contributed by atoms with Crippen molar-refractivity contribution in [3.63, 3.8) is 0 Å². The third kappa shape index (κ3) is 6.12. The molecular formula is C19H30N2O4. The number of methoxy groups -OCH3 is 1. The third-order valence-electron chi connectivity index (χ3n) is 4.22. The normalized spacial score (nSPS) is 18.6. The van der Waals surface area contributed by atoms with Gasteiger partial charge in [0.25, 0.3) is 0 Å². The van der Waals surface area contributed by atoms with Crippen molar-refractivity contribution in [1.82, 2.24) is 10.2 Å². The van der Waals surface area contributed by atoms with Crippen LogP contribution in [0.15, 0.2) is 18.2 Å². The Kier molecular flexibility index (Phi) is 6.53. The molecule has 0 saturated carbocycles. The number of likely N-dealkylation sites (tertiary alicyclic amines) is 1. The van der Waals surface area contributed by atoms with Gasteiger partial charge in [-0.3, -0.25) is 0 Å². The minimum absolute atomic E-state index is 0.147. The van der Waals surface area contributed by atoms with Gasteiger partial charge < -0.3 is 24.8 Å². The van der Waals surface area contributed by atoms with E-state index in [1.165, 1.54) is 0 Å². The van der Waals surface area contributed by atoms with Crippen LogP contribution in [-0.2, 0) is 11.3 Å². The zero-order valence-corrected chi connectivity index (χ0v) is 15.7. The number of hydrogen-bond donors (Lipinski definition) is 2. The van der Waals surface area contributed by atoms with Crippen molar-refractivity contribution in [2.24, 2.45) is 0 Å². The van der Waals surface area contributed by atoms with Crippen molar-refractivity contribution < 1.29 is 19.4 Å². The van der Waals surface area contributed by atoms with Gasteiger partial charge in [0.2, 0.25) is 0 Å². The number of nitrogens with zero attached hydrogens (tertiary/aromatic N) is 1. The maximum Gasteiger partial charge on any atom is 0.410 e. The second-order valence-electron chi connectivity index (χ2n) is 7.48. The maximum atomic E-state index is 12.2. The fourth-order valence-corrected chi connectivity index (χ4v) is 2.90. The molecule has 1 aromatic rings. The van der Waals surface area contributed by atoms with E-state index in [1.54, 1.807) is 18.1 Å². The first-order valence-corrected chi connectivity index (χ1v) is 8.85. The van der Waals surface area contributed by atoms with E-state index in [9.17, 15) is 9.90 Å². The summed E-state index contributed by atoms with van der Waals surface area (Å²) in [4.78, 5) is 14.0. The van der Waals surface area contributed by atoms with Crippen molar-refractivity contribution in [1.29, 1.82) is 0 Å². The lowest BCUT2D eigenvalue weighted by atomic mass is 10.1. The molecule has 1 aliphatic heterocycles. The van der Waals surface area contributed by atoms with Crippen LogP contribution >= 0.6 is 0 Å². The standard InChI is InChI=1S/C19H30N2O4/c1-19(2,3)25-18(23)21-10-5-6-15(9-11-21)20-13-14-7-8-16(22)17(12-14)24-4/h7-8,12,15,20,22H,5-6,9-11,13H2,1-4H3. The highest BCUT2D eigenvalue weighted by Gasteiger charge is 2.25. The fraction of sp³-hybridized carbons (Fsp3) is 0.632. The molecule has 140 valence electrons. The molecular weight excluding hydrogens is 320 g/mol. The highest BCUT2D eigenvalue weighted by molar-refractivity contribution is 5.68.